The van der Waals surface area contributed by atoms with Crippen LogP contribution in [-0.2, 0) is 10.8 Å². The normalized spacial score (nSPS) is 22.3. The number of halogens is 1. The fourth-order valence-corrected chi connectivity index (χ4v) is 4.21. The van der Waals surface area contributed by atoms with E-state index < -0.39 is 10.8 Å². The molecule has 0 aromatic heterocycles. The van der Waals surface area contributed by atoms with Crippen molar-refractivity contribution in [2.24, 2.45) is 0 Å². The van der Waals surface area contributed by atoms with Gasteiger partial charge in [-0.25, -0.2) is 0 Å². The SMILES string of the molecule is CN1CCCCC1CCS(=O)c1ccc(N)cc1Cl. The zero-order valence-corrected chi connectivity index (χ0v) is 12.8. The van der Waals surface area contributed by atoms with Crippen LogP contribution in [0.3, 0.4) is 0 Å². The molecule has 0 radical (unpaired) electrons. The van der Waals surface area contributed by atoms with Crippen molar-refractivity contribution in [3.63, 3.8) is 0 Å². The minimum atomic E-state index is -1.03. The molecule has 1 aromatic carbocycles. The molecule has 2 rings (SSSR count). The van der Waals surface area contributed by atoms with Crippen molar-refractivity contribution < 1.29 is 4.21 Å². The van der Waals surface area contributed by atoms with Gasteiger partial charge in [0.2, 0.25) is 0 Å². The summed E-state index contributed by atoms with van der Waals surface area (Å²) in [6.07, 6.45) is 4.73. The Morgan fingerprint density at radius 3 is 2.95 bits per heavy atom. The minimum absolute atomic E-state index is 0.510. The van der Waals surface area contributed by atoms with Gasteiger partial charge in [0, 0.05) is 17.5 Å². The van der Waals surface area contributed by atoms with Gasteiger partial charge in [-0.15, -0.1) is 0 Å². The quantitative estimate of drug-likeness (QED) is 0.870. The maximum Gasteiger partial charge on any atom is 0.0587 e. The second-order valence-electron chi connectivity index (χ2n) is 5.16. The van der Waals surface area contributed by atoms with Crippen LogP contribution < -0.4 is 5.73 Å². The number of likely N-dealkylation sites (tertiary alicyclic amines) is 1. The third-order valence-corrected chi connectivity index (χ3v) is 5.64. The molecule has 1 aromatic rings. The molecule has 1 heterocycles. The van der Waals surface area contributed by atoms with E-state index in [1.807, 2.05) is 0 Å². The first kappa shape index (κ1) is 14.8. The first-order valence-electron chi connectivity index (χ1n) is 6.71. The third-order valence-electron chi connectivity index (χ3n) is 3.76. The summed E-state index contributed by atoms with van der Waals surface area (Å²) in [6.45, 7) is 1.15. The molecule has 1 aliphatic rings. The van der Waals surface area contributed by atoms with Gasteiger partial charge in [0.1, 0.15) is 0 Å². The van der Waals surface area contributed by atoms with Gasteiger partial charge in [0.25, 0.3) is 0 Å². The average molecular weight is 301 g/mol. The number of nitrogen functional groups attached to an aromatic ring is 1. The van der Waals surface area contributed by atoms with Crippen LogP contribution in [0.15, 0.2) is 23.1 Å². The predicted molar refractivity (Wildman–Crippen MR) is 82.0 cm³/mol. The van der Waals surface area contributed by atoms with Gasteiger partial charge >= 0.3 is 0 Å². The summed E-state index contributed by atoms with van der Waals surface area (Å²) < 4.78 is 12.3. The van der Waals surface area contributed by atoms with Gasteiger partial charge in [-0.05, 0) is 51.1 Å². The molecule has 0 saturated carbocycles. The lowest BCUT2D eigenvalue weighted by Gasteiger charge is -2.32. The lowest BCUT2D eigenvalue weighted by atomic mass is 10.0. The predicted octanol–water partition coefficient (Wildman–Crippen LogP) is 2.90. The van der Waals surface area contributed by atoms with E-state index in [4.69, 9.17) is 17.3 Å². The highest BCUT2D eigenvalue weighted by Crippen LogP contribution is 2.24. The standard InChI is InChI=1S/C14H21ClN2OS/c1-17-8-3-2-4-12(17)7-9-19(18)14-6-5-11(16)10-13(14)15/h5-6,10,12H,2-4,7-9,16H2,1H3. The van der Waals surface area contributed by atoms with Gasteiger partial charge in [0.15, 0.2) is 0 Å². The largest absolute Gasteiger partial charge is 0.399 e. The molecule has 2 unspecified atom stereocenters. The maximum absolute atomic E-state index is 12.3. The fraction of sp³-hybridized carbons (Fsp3) is 0.571. The molecule has 106 valence electrons. The number of benzene rings is 1. The summed E-state index contributed by atoms with van der Waals surface area (Å²) in [5.74, 6) is 0.665. The zero-order valence-electron chi connectivity index (χ0n) is 11.3. The van der Waals surface area contributed by atoms with Crippen LogP contribution in [0.1, 0.15) is 25.7 Å². The highest BCUT2D eigenvalue weighted by atomic mass is 35.5. The van der Waals surface area contributed by atoms with E-state index in [9.17, 15) is 4.21 Å². The molecule has 3 nitrogen and oxygen atoms in total. The average Bonchev–Trinajstić information content (AvgIpc) is 2.37. The third kappa shape index (κ3) is 3.94. The van der Waals surface area contributed by atoms with Crippen LogP contribution in [0, 0.1) is 0 Å². The van der Waals surface area contributed by atoms with Crippen LogP contribution in [0.2, 0.25) is 5.02 Å². The van der Waals surface area contributed by atoms with Crippen molar-refractivity contribution in [3.05, 3.63) is 23.2 Å². The lowest BCUT2D eigenvalue weighted by molar-refractivity contribution is 0.182. The number of hydrogen-bond donors (Lipinski definition) is 1. The summed E-state index contributed by atoms with van der Waals surface area (Å²) in [5.41, 5.74) is 6.26. The first-order valence-corrected chi connectivity index (χ1v) is 8.41. The second kappa shape index (κ2) is 6.73. The second-order valence-corrected chi connectivity index (χ2v) is 7.10. The Morgan fingerprint density at radius 2 is 2.26 bits per heavy atom. The molecule has 0 aliphatic carbocycles. The molecule has 2 atom stereocenters. The molecule has 1 saturated heterocycles. The van der Waals surface area contributed by atoms with Crippen LogP contribution in [0.5, 0.6) is 0 Å². The number of nitrogens with zero attached hydrogens (tertiary/aromatic N) is 1. The van der Waals surface area contributed by atoms with Crippen LogP contribution in [-0.4, -0.2) is 34.5 Å². The van der Waals surface area contributed by atoms with E-state index in [1.165, 1.54) is 19.3 Å². The summed E-state index contributed by atoms with van der Waals surface area (Å²) in [4.78, 5) is 3.08. The molecule has 1 fully saturated rings. The van der Waals surface area contributed by atoms with E-state index in [-0.39, 0.29) is 0 Å². The van der Waals surface area contributed by atoms with E-state index in [0.29, 0.717) is 27.4 Å². The minimum Gasteiger partial charge on any atom is -0.399 e. The van der Waals surface area contributed by atoms with E-state index in [2.05, 4.69) is 11.9 Å². The lowest BCUT2D eigenvalue weighted by Crippen LogP contribution is -2.37. The zero-order chi connectivity index (χ0) is 13.8. The number of nitrogens with two attached hydrogens (primary N) is 1. The van der Waals surface area contributed by atoms with Crippen LogP contribution in [0.25, 0.3) is 0 Å². The fourth-order valence-electron chi connectivity index (χ4n) is 2.56. The Morgan fingerprint density at radius 1 is 1.47 bits per heavy atom. The van der Waals surface area contributed by atoms with Gasteiger partial charge in [-0.1, -0.05) is 18.0 Å². The summed E-state index contributed by atoms with van der Waals surface area (Å²) in [6, 6.07) is 5.76. The van der Waals surface area contributed by atoms with Crippen molar-refractivity contribution in [1.82, 2.24) is 4.90 Å². The van der Waals surface area contributed by atoms with E-state index in [0.717, 1.165) is 13.0 Å². The Balaban J connectivity index is 1.93. The van der Waals surface area contributed by atoms with Gasteiger partial charge in [-0.2, -0.15) is 0 Å². The van der Waals surface area contributed by atoms with Gasteiger partial charge in [-0.3, -0.25) is 4.21 Å². The van der Waals surface area contributed by atoms with Crippen molar-refractivity contribution in [3.8, 4) is 0 Å². The summed E-state index contributed by atoms with van der Waals surface area (Å²) >= 11 is 6.09. The van der Waals surface area contributed by atoms with Crippen molar-refractivity contribution in [2.45, 2.75) is 36.6 Å². The van der Waals surface area contributed by atoms with Gasteiger partial charge in [0.05, 0.1) is 20.7 Å². The van der Waals surface area contributed by atoms with E-state index in [1.54, 1.807) is 18.2 Å². The Kier molecular flexibility index (Phi) is 5.25. The number of piperidine rings is 1. The number of rotatable bonds is 4. The molecule has 2 N–H and O–H groups in total. The Bertz CT molecular complexity index is 467. The topological polar surface area (TPSA) is 46.3 Å². The molecule has 0 amide bonds. The molecule has 5 heteroatoms. The van der Waals surface area contributed by atoms with Crippen molar-refractivity contribution >= 4 is 28.1 Å². The first-order chi connectivity index (χ1) is 9.08. The van der Waals surface area contributed by atoms with Crippen molar-refractivity contribution in [2.75, 3.05) is 25.1 Å². The van der Waals surface area contributed by atoms with E-state index >= 15 is 0 Å². The highest BCUT2D eigenvalue weighted by Gasteiger charge is 2.20. The summed E-state index contributed by atoms with van der Waals surface area (Å²) in [7, 11) is 1.12. The van der Waals surface area contributed by atoms with Crippen LogP contribution >= 0.6 is 11.6 Å². The smallest absolute Gasteiger partial charge is 0.0587 e. The van der Waals surface area contributed by atoms with Crippen LogP contribution in [0.4, 0.5) is 5.69 Å². The molecule has 0 spiro atoms. The Labute approximate surface area is 122 Å². The van der Waals surface area contributed by atoms with Crippen molar-refractivity contribution in [1.29, 1.82) is 0 Å². The molecule has 0 bridgehead atoms. The molecule has 19 heavy (non-hydrogen) atoms. The maximum atomic E-state index is 12.3. The molecular formula is C14H21ClN2OS. The number of hydrogen-bond acceptors (Lipinski definition) is 3. The van der Waals surface area contributed by atoms with Gasteiger partial charge < -0.3 is 10.6 Å². The number of anilines is 1. The monoisotopic (exact) mass is 300 g/mol. The molecular weight excluding hydrogens is 280 g/mol. The molecule has 1 aliphatic heterocycles. The Hall–Kier alpha value is -0.580. The highest BCUT2D eigenvalue weighted by molar-refractivity contribution is 7.85. The summed E-state index contributed by atoms with van der Waals surface area (Å²) in [5, 5.41) is 0.510.